The zero-order valence-electron chi connectivity index (χ0n) is 11.4. The lowest BCUT2D eigenvalue weighted by molar-refractivity contribution is 0.0622. The summed E-state index contributed by atoms with van der Waals surface area (Å²) < 4.78 is 7.87. The third-order valence-electron chi connectivity index (χ3n) is 2.73. The summed E-state index contributed by atoms with van der Waals surface area (Å²) in [6, 6.07) is 0.329. The Morgan fingerprint density at radius 2 is 2.24 bits per heavy atom. The normalized spacial score (nSPS) is 13.2. The Morgan fingerprint density at radius 1 is 1.47 bits per heavy atom. The van der Waals surface area contributed by atoms with E-state index in [9.17, 15) is 0 Å². The first-order valence-corrected chi connectivity index (χ1v) is 6.46. The van der Waals surface area contributed by atoms with Gasteiger partial charge >= 0.3 is 0 Å². The zero-order valence-corrected chi connectivity index (χ0v) is 11.4. The number of likely N-dealkylation sites (N-methyl/N-ethyl adjacent to an activating group) is 1. The molecule has 0 fully saturated rings. The van der Waals surface area contributed by atoms with Gasteiger partial charge in [-0.3, -0.25) is 0 Å². The van der Waals surface area contributed by atoms with Gasteiger partial charge in [-0.2, -0.15) is 0 Å². The van der Waals surface area contributed by atoms with E-state index in [1.165, 1.54) is 0 Å². The summed E-state index contributed by atoms with van der Waals surface area (Å²) in [5.74, 6) is 1.14. The van der Waals surface area contributed by atoms with Gasteiger partial charge in [-0.05, 0) is 27.3 Å². The van der Waals surface area contributed by atoms with Gasteiger partial charge in [0.25, 0.3) is 0 Å². The molecule has 4 nitrogen and oxygen atoms in total. The third kappa shape index (κ3) is 4.88. The molecule has 0 aliphatic heterocycles. The minimum atomic E-state index is 0.279. The molecular formula is C13H25N3O. The monoisotopic (exact) mass is 239 g/mol. The van der Waals surface area contributed by atoms with E-state index in [2.05, 4.69) is 41.8 Å². The van der Waals surface area contributed by atoms with Gasteiger partial charge in [-0.15, -0.1) is 0 Å². The van der Waals surface area contributed by atoms with Gasteiger partial charge in [-0.25, -0.2) is 4.98 Å². The quantitative estimate of drug-likeness (QED) is 0.752. The Hall–Kier alpha value is -0.870. The Bertz CT molecular complexity index is 309. The molecule has 0 saturated heterocycles. The first-order valence-electron chi connectivity index (χ1n) is 6.46. The van der Waals surface area contributed by atoms with Crippen molar-refractivity contribution in [3.05, 3.63) is 18.2 Å². The van der Waals surface area contributed by atoms with Crippen LogP contribution >= 0.6 is 0 Å². The molecular weight excluding hydrogens is 214 g/mol. The molecule has 0 aliphatic carbocycles. The van der Waals surface area contributed by atoms with E-state index in [4.69, 9.17) is 4.74 Å². The summed E-state index contributed by atoms with van der Waals surface area (Å²) in [4.78, 5) is 4.42. The predicted molar refractivity (Wildman–Crippen MR) is 70.2 cm³/mol. The van der Waals surface area contributed by atoms with Crippen LogP contribution in [0.3, 0.4) is 0 Å². The molecule has 1 atom stereocenters. The minimum Gasteiger partial charge on any atom is -0.377 e. The molecule has 1 aromatic heterocycles. The van der Waals surface area contributed by atoms with Gasteiger partial charge in [0.1, 0.15) is 5.82 Å². The molecule has 0 aliphatic rings. The lowest BCUT2D eigenvalue weighted by Crippen LogP contribution is -2.34. The molecule has 1 rings (SSSR count). The van der Waals surface area contributed by atoms with Crippen molar-refractivity contribution < 1.29 is 4.74 Å². The molecule has 17 heavy (non-hydrogen) atoms. The molecule has 0 saturated carbocycles. The number of nitrogens with zero attached hydrogens (tertiary/aromatic N) is 2. The molecule has 1 aromatic rings. The maximum absolute atomic E-state index is 5.64. The van der Waals surface area contributed by atoms with Gasteiger partial charge in [-0.1, -0.05) is 6.92 Å². The van der Waals surface area contributed by atoms with Gasteiger partial charge in [0.15, 0.2) is 0 Å². The van der Waals surface area contributed by atoms with Crippen molar-refractivity contribution in [2.45, 2.75) is 52.3 Å². The standard InChI is InChI=1S/C13H25N3O/c1-5-7-16-8-6-15-13(16)9-12(14-4)10-17-11(2)3/h6,8,11-12,14H,5,7,9-10H2,1-4H3. The highest BCUT2D eigenvalue weighted by atomic mass is 16.5. The van der Waals surface area contributed by atoms with Crippen LogP contribution in [0, 0.1) is 0 Å². The highest BCUT2D eigenvalue weighted by Gasteiger charge is 2.12. The van der Waals surface area contributed by atoms with Gasteiger partial charge < -0.3 is 14.6 Å². The summed E-state index contributed by atoms with van der Waals surface area (Å²) >= 11 is 0. The van der Waals surface area contributed by atoms with Crippen molar-refractivity contribution in [1.82, 2.24) is 14.9 Å². The first-order chi connectivity index (χ1) is 8.17. The van der Waals surface area contributed by atoms with E-state index < -0.39 is 0 Å². The molecule has 4 heteroatoms. The van der Waals surface area contributed by atoms with Crippen molar-refractivity contribution in [1.29, 1.82) is 0 Å². The van der Waals surface area contributed by atoms with Gasteiger partial charge in [0, 0.05) is 31.4 Å². The zero-order chi connectivity index (χ0) is 12.7. The maximum Gasteiger partial charge on any atom is 0.110 e. The molecule has 1 heterocycles. The highest BCUT2D eigenvalue weighted by Crippen LogP contribution is 2.04. The summed E-state index contributed by atoms with van der Waals surface area (Å²) in [5, 5.41) is 3.29. The summed E-state index contributed by atoms with van der Waals surface area (Å²) in [5.41, 5.74) is 0. The largest absolute Gasteiger partial charge is 0.377 e. The lowest BCUT2D eigenvalue weighted by atomic mass is 10.2. The van der Waals surface area contributed by atoms with Gasteiger partial charge in [0.2, 0.25) is 0 Å². The first kappa shape index (κ1) is 14.2. The van der Waals surface area contributed by atoms with E-state index in [-0.39, 0.29) is 6.10 Å². The maximum atomic E-state index is 5.64. The molecule has 1 N–H and O–H groups in total. The fourth-order valence-corrected chi connectivity index (χ4v) is 1.75. The Morgan fingerprint density at radius 3 is 2.82 bits per heavy atom. The van der Waals surface area contributed by atoms with Crippen molar-refractivity contribution in [2.75, 3.05) is 13.7 Å². The van der Waals surface area contributed by atoms with Crippen LogP contribution < -0.4 is 5.32 Å². The van der Waals surface area contributed by atoms with Crippen LogP contribution in [-0.2, 0) is 17.7 Å². The van der Waals surface area contributed by atoms with Crippen LogP contribution in [0.4, 0.5) is 0 Å². The second kappa shape index (κ2) is 7.45. The molecule has 0 spiro atoms. The van der Waals surface area contributed by atoms with Crippen molar-refractivity contribution in [3.63, 3.8) is 0 Å². The number of aromatic nitrogens is 2. The summed E-state index contributed by atoms with van der Waals surface area (Å²) in [6.45, 7) is 8.07. The van der Waals surface area contributed by atoms with Crippen molar-refractivity contribution in [2.24, 2.45) is 0 Å². The van der Waals surface area contributed by atoms with Crippen LogP contribution in [0.2, 0.25) is 0 Å². The van der Waals surface area contributed by atoms with E-state index in [1.807, 2.05) is 13.2 Å². The molecule has 0 radical (unpaired) electrons. The van der Waals surface area contributed by atoms with Crippen LogP contribution in [-0.4, -0.2) is 35.4 Å². The predicted octanol–water partition coefficient (Wildman–Crippen LogP) is 1.85. The number of aryl methyl sites for hydroxylation is 1. The molecule has 0 aromatic carbocycles. The average molecular weight is 239 g/mol. The van der Waals surface area contributed by atoms with E-state index in [0.717, 1.165) is 31.8 Å². The molecule has 98 valence electrons. The van der Waals surface area contributed by atoms with E-state index >= 15 is 0 Å². The lowest BCUT2D eigenvalue weighted by Gasteiger charge is -2.18. The van der Waals surface area contributed by atoms with Crippen LogP contribution in [0.5, 0.6) is 0 Å². The number of hydrogen-bond donors (Lipinski definition) is 1. The highest BCUT2D eigenvalue weighted by molar-refractivity contribution is 4.95. The topological polar surface area (TPSA) is 39.1 Å². The minimum absolute atomic E-state index is 0.279. The SMILES string of the molecule is CCCn1ccnc1CC(COC(C)C)NC. The number of imidazole rings is 1. The second-order valence-electron chi connectivity index (χ2n) is 4.61. The smallest absolute Gasteiger partial charge is 0.110 e. The van der Waals surface area contributed by atoms with Crippen LogP contribution in [0.15, 0.2) is 12.4 Å². The Kier molecular flexibility index (Phi) is 6.22. The Balaban J connectivity index is 2.51. The van der Waals surface area contributed by atoms with Crippen molar-refractivity contribution >= 4 is 0 Å². The second-order valence-corrected chi connectivity index (χ2v) is 4.61. The van der Waals surface area contributed by atoms with E-state index in [0.29, 0.717) is 6.04 Å². The average Bonchev–Trinajstić information content (AvgIpc) is 2.72. The third-order valence-corrected chi connectivity index (χ3v) is 2.73. The fourth-order valence-electron chi connectivity index (χ4n) is 1.75. The summed E-state index contributed by atoms with van der Waals surface area (Å²) in [6.07, 6.45) is 6.25. The fraction of sp³-hybridized carbons (Fsp3) is 0.769. The van der Waals surface area contributed by atoms with Crippen LogP contribution in [0.1, 0.15) is 33.0 Å². The number of nitrogens with one attached hydrogen (secondary N) is 1. The molecule has 0 bridgehead atoms. The summed E-state index contributed by atoms with van der Waals surface area (Å²) in [7, 11) is 1.97. The number of hydrogen-bond acceptors (Lipinski definition) is 3. The Labute approximate surface area is 104 Å². The number of rotatable bonds is 8. The molecule has 1 unspecified atom stereocenters. The van der Waals surface area contributed by atoms with E-state index in [1.54, 1.807) is 0 Å². The van der Waals surface area contributed by atoms with Gasteiger partial charge in [0.05, 0.1) is 12.7 Å². The number of ether oxygens (including phenoxy) is 1. The van der Waals surface area contributed by atoms with Crippen LogP contribution in [0.25, 0.3) is 0 Å². The van der Waals surface area contributed by atoms with Crippen molar-refractivity contribution in [3.8, 4) is 0 Å². The molecule has 0 amide bonds.